The lowest BCUT2D eigenvalue weighted by atomic mass is 10.1. The fourth-order valence-electron chi connectivity index (χ4n) is 3.46. The number of ether oxygens (including phenoxy) is 1. The number of rotatable bonds is 11. The van der Waals surface area contributed by atoms with E-state index in [1.807, 2.05) is 37.3 Å². The summed E-state index contributed by atoms with van der Waals surface area (Å²) in [5.74, 6) is 1.17. The number of benzene rings is 1. The zero-order chi connectivity index (χ0) is 23.2. The number of aromatic nitrogens is 5. The molecule has 0 aliphatic heterocycles. The summed E-state index contributed by atoms with van der Waals surface area (Å²) in [6.07, 6.45) is 1.63. The van der Waals surface area contributed by atoms with Crippen LogP contribution in [0.1, 0.15) is 30.8 Å². The molecule has 0 saturated carbocycles. The number of imidazole rings is 1. The second kappa shape index (κ2) is 10.4. The van der Waals surface area contributed by atoms with Crippen molar-refractivity contribution in [3.63, 3.8) is 0 Å². The topological polar surface area (TPSA) is 168 Å². The van der Waals surface area contributed by atoms with Gasteiger partial charge >= 0.3 is 0 Å². The molecule has 6 N–H and O–H groups in total. The van der Waals surface area contributed by atoms with E-state index >= 15 is 0 Å². The van der Waals surface area contributed by atoms with E-state index in [1.165, 1.54) is 0 Å². The molecule has 33 heavy (non-hydrogen) atoms. The monoisotopic (exact) mass is 453 g/mol. The summed E-state index contributed by atoms with van der Waals surface area (Å²) in [7, 11) is 0. The summed E-state index contributed by atoms with van der Waals surface area (Å²) in [6.45, 7) is 3.05. The van der Waals surface area contributed by atoms with Crippen LogP contribution in [0.25, 0.3) is 22.3 Å². The highest BCUT2D eigenvalue weighted by atomic mass is 16.6. The minimum absolute atomic E-state index is 0.222. The zero-order valence-electron chi connectivity index (χ0n) is 18.2. The van der Waals surface area contributed by atoms with E-state index in [1.54, 1.807) is 6.20 Å². The fourth-order valence-corrected chi connectivity index (χ4v) is 3.46. The Bertz CT molecular complexity index is 1180. The molecule has 4 aromatic rings. The molecule has 3 aromatic heterocycles. The van der Waals surface area contributed by atoms with Gasteiger partial charge < -0.3 is 31.0 Å². The lowest BCUT2D eigenvalue weighted by Gasteiger charge is -2.10. The summed E-state index contributed by atoms with van der Waals surface area (Å²) in [5.41, 5.74) is 9.46. The highest BCUT2D eigenvalue weighted by Gasteiger charge is 2.23. The molecular weight excluding hydrogens is 426 g/mol. The Morgan fingerprint density at radius 1 is 1.24 bits per heavy atom. The van der Waals surface area contributed by atoms with Crippen LogP contribution in [0.15, 0.2) is 41.2 Å². The predicted octanol–water partition coefficient (Wildman–Crippen LogP) is 1.45. The van der Waals surface area contributed by atoms with Crippen LogP contribution in [-0.4, -0.2) is 67.9 Å². The molecule has 4 rings (SSSR count). The maximum Gasteiger partial charge on any atom is 0.192 e. The van der Waals surface area contributed by atoms with E-state index in [4.69, 9.17) is 25.2 Å². The second-order valence-electron chi connectivity index (χ2n) is 7.68. The molecule has 11 nitrogen and oxygen atoms in total. The van der Waals surface area contributed by atoms with Gasteiger partial charge in [0.2, 0.25) is 0 Å². The van der Waals surface area contributed by atoms with Gasteiger partial charge in [0.1, 0.15) is 22.6 Å². The van der Waals surface area contributed by atoms with Crippen molar-refractivity contribution in [2.45, 2.75) is 25.4 Å². The molecule has 0 amide bonds. The van der Waals surface area contributed by atoms with Crippen molar-refractivity contribution in [2.75, 3.05) is 32.0 Å². The fraction of sp³-hybridized carbons (Fsp3) is 0.364. The van der Waals surface area contributed by atoms with E-state index < -0.39 is 6.10 Å². The maximum absolute atomic E-state index is 9.38. The number of H-pyrrole nitrogens is 1. The van der Waals surface area contributed by atoms with Crippen molar-refractivity contribution in [3.8, 4) is 17.0 Å². The Morgan fingerprint density at radius 2 is 2.06 bits per heavy atom. The SMILES string of the molecule is CC(c1nc2c(-c3ccccc3)ncc(OCCCNC[C@H](O)CO)c2[nH]1)c1nonc1N. The Balaban J connectivity index is 1.58. The molecule has 0 fully saturated rings. The number of fused-ring (bicyclic) bond motifs is 1. The molecule has 2 atom stereocenters. The van der Waals surface area contributed by atoms with Crippen molar-refractivity contribution in [1.82, 2.24) is 30.6 Å². The van der Waals surface area contributed by atoms with Crippen LogP contribution in [0.4, 0.5) is 5.82 Å². The first-order valence-electron chi connectivity index (χ1n) is 10.7. The van der Waals surface area contributed by atoms with Gasteiger partial charge in [-0.3, -0.25) is 0 Å². The van der Waals surface area contributed by atoms with Gasteiger partial charge in [-0.2, -0.15) is 0 Å². The highest BCUT2D eigenvalue weighted by Crippen LogP contribution is 2.34. The molecule has 174 valence electrons. The Labute approximate surface area is 190 Å². The van der Waals surface area contributed by atoms with Gasteiger partial charge in [-0.15, -0.1) is 0 Å². The zero-order valence-corrected chi connectivity index (χ0v) is 18.2. The van der Waals surface area contributed by atoms with Gasteiger partial charge in [0, 0.05) is 12.1 Å². The van der Waals surface area contributed by atoms with Gasteiger partial charge in [-0.05, 0) is 25.0 Å². The number of hydrogen-bond acceptors (Lipinski definition) is 10. The number of hydrogen-bond donors (Lipinski definition) is 5. The van der Waals surface area contributed by atoms with Crippen LogP contribution in [0.3, 0.4) is 0 Å². The van der Waals surface area contributed by atoms with Gasteiger partial charge in [0.25, 0.3) is 0 Å². The average molecular weight is 454 g/mol. The first-order chi connectivity index (χ1) is 16.1. The molecule has 3 heterocycles. The van der Waals surface area contributed by atoms with Crippen molar-refractivity contribution in [2.24, 2.45) is 0 Å². The number of nitrogens with one attached hydrogen (secondary N) is 2. The number of pyridine rings is 1. The number of anilines is 1. The second-order valence-corrected chi connectivity index (χ2v) is 7.68. The first kappa shape index (κ1) is 22.6. The van der Waals surface area contributed by atoms with Crippen LogP contribution >= 0.6 is 0 Å². The maximum atomic E-state index is 9.38. The third kappa shape index (κ3) is 5.11. The van der Waals surface area contributed by atoms with E-state index in [2.05, 4.69) is 25.6 Å². The van der Waals surface area contributed by atoms with Gasteiger partial charge in [0.15, 0.2) is 11.6 Å². The Hall–Kier alpha value is -3.54. The van der Waals surface area contributed by atoms with Crippen LogP contribution in [-0.2, 0) is 0 Å². The smallest absolute Gasteiger partial charge is 0.192 e. The minimum atomic E-state index is -0.764. The summed E-state index contributed by atoms with van der Waals surface area (Å²) in [5, 5.41) is 28.9. The number of aromatic amines is 1. The van der Waals surface area contributed by atoms with E-state index in [0.29, 0.717) is 48.9 Å². The number of nitrogens with zero attached hydrogens (tertiary/aromatic N) is 4. The highest BCUT2D eigenvalue weighted by molar-refractivity contribution is 5.93. The van der Waals surface area contributed by atoms with E-state index in [0.717, 1.165) is 16.8 Å². The molecule has 0 radical (unpaired) electrons. The molecule has 1 aromatic carbocycles. The Kier molecular flexibility index (Phi) is 7.13. The van der Waals surface area contributed by atoms with Gasteiger partial charge in [-0.25, -0.2) is 14.6 Å². The van der Waals surface area contributed by atoms with Crippen LogP contribution < -0.4 is 15.8 Å². The number of aliphatic hydroxyl groups excluding tert-OH is 2. The normalized spacial score (nSPS) is 13.3. The summed E-state index contributed by atoms with van der Waals surface area (Å²) < 4.78 is 10.7. The Morgan fingerprint density at radius 3 is 2.79 bits per heavy atom. The van der Waals surface area contributed by atoms with Crippen LogP contribution in [0, 0.1) is 0 Å². The number of nitrogen functional groups attached to an aromatic ring is 1. The van der Waals surface area contributed by atoms with Crippen LogP contribution in [0.5, 0.6) is 5.75 Å². The molecule has 0 saturated heterocycles. The van der Waals surface area contributed by atoms with E-state index in [9.17, 15) is 5.11 Å². The van der Waals surface area contributed by atoms with Gasteiger partial charge in [0.05, 0.1) is 37.1 Å². The third-order valence-electron chi connectivity index (χ3n) is 5.26. The molecule has 0 aliphatic rings. The summed E-state index contributed by atoms with van der Waals surface area (Å²) >= 11 is 0. The lowest BCUT2D eigenvalue weighted by molar-refractivity contribution is 0.0942. The third-order valence-corrected chi connectivity index (χ3v) is 5.26. The molecule has 1 unspecified atom stereocenters. The first-order valence-corrected chi connectivity index (χ1v) is 10.7. The average Bonchev–Trinajstić information content (AvgIpc) is 3.48. The standard InChI is InChI=1S/C22H27N7O4/c1-13(17-21(23)29-33-28-17)22-26-19-16(32-9-5-8-24-10-15(31)12-30)11-25-18(20(19)27-22)14-6-3-2-4-7-14/h2-4,6-7,11,13,15,24,30-31H,5,8-10,12H2,1H3,(H2,23,29)(H,26,27)/t13?,15-/m0/s1. The van der Waals surface area contributed by atoms with Crippen molar-refractivity contribution >= 4 is 16.9 Å². The predicted molar refractivity (Wildman–Crippen MR) is 122 cm³/mol. The van der Waals surface area contributed by atoms with Gasteiger partial charge in [-0.1, -0.05) is 35.5 Å². The molecule has 0 bridgehead atoms. The van der Waals surface area contributed by atoms with Crippen LogP contribution in [0.2, 0.25) is 0 Å². The van der Waals surface area contributed by atoms with E-state index in [-0.39, 0.29) is 18.3 Å². The largest absolute Gasteiger partial charge is 0.490 e. The molecular formula is C22H27N7O4. The summed E-state index contributed by atoms with van der Waals surface area (Å²) in [4.78, 5) is 12.8. The number of nitrogens with two attached hydrogens (primary N) is 1. The number of aliphatic hydroxyl groups is 2. The molecule has 0 aliphatic carbocycles. The quantitative estimate of drug-likeness (QED) is 0.210. The molecule has 0 spiro atoms. The van der Waals surface area contributed by atoms with Crippen molar-refractivity contribution in [1.29, 1.82) is 0 Å². The van der Waals surface area contributed by atoms with Crippen molar-refractivity contribution in [3.05, 3.63) is 48.0 Å². The van der Waals surface area contributed by atoms with Crippen molar-refractivity contribution < 1.29 is 19.6 Å². The minimum Gasteiger partial charge on any atom is -0.490 e. The molecule has 11 heteroatoms. The summed E-state index contributed by atoms with van der Waals surface area (Å²) in [6, 6.07) is 9.81. The lowest BCUT2D eigenvalue weighted by Crippen LogP contribution is -2.30.